The number of nitrogens with zero attached hydrogens (tertiary/aromatic N) is 3. The average Bonchev–Trinajstić information content (AvgIpc) is 3.38. The van der Waals surface area contributed by atoms with Crippen molar-refractivity contribution in [3.05, 3.63) is 81.8 Å². The van der Waals surface area contributed by atoms with E-state index in [1.165, 1.54) is 11.3 Å². The zero-order chi connectivity index (χ0) is 20.9. The fraction of sp³-hybridized carbons (Fsp3) is 0.182. The zero-order valence-corrected chi connectivity index (χ0v) is 17.4. The molecule has 1 N–H and O–H groups in total. The number of thiazole rings is 1. The molecule has 0 aliphatic rings. The van der Waals surface area contributed by atoms with Crippen LogP contribution in [0.5, 0.6) is 5.75 Å². The fourth-order valence-electron chi connectivity index (χ4n) is 2.94. The van der Waals surface area contributed by atoms with Crippen molar-refractivity contribution in [3.63, 3.8) is 0 Å². The average molecular weight is 420 g/mol. The van der Waals surface area contributed by atoms with Crippen molar-refractivity contribution in [1.82, 2.24) is 20.4 Å². The van der Waals surface area contributed by atoms with E-state index in [0.717, 1.165) is 27.5 Å². The number of ether oxygens (including phenoxy) is 1. The van der Waals surface area contributed by atoms with Gasteiger partial charge in [0.1, 0.15) is 23.1 Å². The molecule has 8 heteroatoms. The molecule has 0 spiro atoms. The number of carbonyl (C=O) groups excluding carboxylic acids is 1. The Labute approximate surface area is 177 Å². The summed E-state index contributed by atoms with van der Waals surface area (Å²) in [6.45, 7) is 4.33. The van der Waals surface area contributed by atoms with Gasteiger partial charge in [-0.3, -0.25) is 9.78 Å². The van der Waals surface area contributed by atoms with Gasteiger partial charge in [0.15, 0.2) is 0 Å². The van der Waals surface area contributed by atoms with E-state index in [4.69, 9.17) is 9.26 Å². The van der Waals surface area contributed by atoms with Crippen molar-refractivity contribution in [2.75, 3.05) is 0 Å². The number of benzene rings is 1. The van der Waals surface area contributed by atoms with Gasteiger partial charge in [0.05, 0.1) is 29.1 Å². The predicted molar refractivity (Wildman–Crippen MR) is 113 cm³/mol. The number of carbonyl (C=O) groups is 1. The van der Waals surface area contributed by atoms with Crippen LogP contribution in [0, 0.1) is 13.8 Å². The third kappa shape index (κ3) is 4.38. The van der Waals surface area contributed by atoms with Gasteiger partial charge in [0.2, 0.25) is 0 Å². The van der Waals surface area contributed by atoms with Gasteiger partial charge in [-0.2, -0.15) is 0 Å². The highest BCUT2D eigenvalue weighted by Gasteiger charge is 2.15. The molecule has 1 aromatic carbocycles. The van der Waals surface area contributed by atoms with Crippen LogP contribution < -0.4 is 10.1 Å². The Hall–Kier alpha value is -3.52. The monoisotopic (exact) mass is 420 g/mol. The van der Waals surface area contributed by atoms with Gasteiger partial charge < -0.3 is 14.6 Å². The van der Waals surface area contributed by atoms with Gasteiger partial charge in [0, 0.05) is 23.3 Å². The standard InChI is InChI=1S/C22H20N4O3S/c1-14-18(15(2)29-26-14)12-28-20-6-4-3-5-17(20)22(27)24-11-21-25-19(13-30-21)16-7-9-23-10-8-16/h3-10,13H,11-12H2,1-2H3,(H,24,27). The molecule has 3 heterocycles. The molecule has 0 aliphatic heterocycles. The molecule has 3 aromatic heterocycles. The van der Waals surface area contributed by atoms with E-state index in [9.17, 15) is 4.79 Å². The number of aromatic nitrogens is 3. The number of rotatable bonds is 7. The molecular formula is C22H20N4O3S. The number of hydrogen-bond acceptors (Lipinski definition) is 7. The first-order chi connectivity index (χ1) is 14.6. The molecule has 0 fully saturated rings. The number of para-hydroxylation sites is 1. The molecule has 1 amide bonds. The molecule has 0 radical (unpaired) electrons. The molecule has 0 atom stereocenters. The number of hydrogen-bond donors (Lipinski definition) is 1. The lowest BCUT2D eigenvalue weighted by molar-refractivity contribution is 0.0946. The van der Waals surface area contributed by atoms with Crippen molar-refractivity contribution in [2.45, 2.75) is 27.0 Å². The summed E-state index contributed by atoms with van der Waals surface area (Å²) in [5.74, 6) is 1.000. The van der Waals surface area contributed by atoms with Crippen molar-refractivity contribution >= 4 is 17.2 Å². The van der Waals surface area contributed by atoms with Gasteiger partial charge in [-0.15, -0.1) is 11.3 Å². The lowest BCUT2D eigenvalue weighted by atomic mass is 10.2. The summed E-state index contributed by atoms with van der Waals surface area (Å²) >= 11 is 1.50. The molecule has 7 nitrogen and oxygen atoms in total. The van der Waals surface area contributed by atoms with Gasteiger partial charge in [-0.1, -0.05) is 17.3 Å². The molecular weight excluding hydrogens is 400 g/mol. The smallest absolute Gasteiger partial charge is 0.255 e. The predicted octanol–water partition coefficient (Wildman–Crippen LogP) is 4.32. The summed E-state index contributed by atoms with van der Waals surface area (Å²) in [5, 5.41) is 9.64. The largest absolute Gasteiger partial charge is 0.488 e. The lowest BCUT2D eigenvalue weighted by Crippen LogP contribution is -2.23. The SMILES string of the molecule is Cc1noc(C)c1COc1ccccc1C(=O)NCc1nc(-c2ccncc2)cs1. The minimum Gasteiger partial charge on any atom is -0.488 e. The lowest BCUT2D eigenvalue weighted by Gasteiger charge is -2.11. The number of pyridine rings is 1. The van der Waals surface area contributed by atoms with Crippen LogP contribution in [-0.2, 0) is 13.2 Å². The Bertz CT molecular complexity index is 1130. The zero-order valence-electron chi connectivity index (χ0n) is 16.6. The van der Waals surface area contributed by atoms with E-state index in [0.29, 0.717) is 23.6 Å². The second kappa shape index (κ2) is 8.87. The molecule has 152 valence electrons. The maximum Gasteiger partial charge on any atom is 0.255 e. The van der Waals surface area contributed by atoms with Crippen LogP contribution in [0.4, 0.5) is 0 Å². The first-order valence-corrected chi connectivity index (χ1v) is 10.3. The van der Waals surface area contributed by atoms with Crippen molar-refractivity contribution < 1.29 is 14.1 Å². The maximum absolute atomic E-state index is 12.8. The molecule has 0 aliphatic carbocycles. The first kappa shape index (κ1) is 19.8. The van der Waals surface area contributed by atoms with Crippen LogP contribution in [0.15, 0.2) is 58.7 Å². The highest BCUT2D eigenvalue weighted by atomic mass is 32.1. The second-order valence-corrected chi connectivity index (χ2v) is 7.58. The Morgan fingerprint density at radius 1 is 1.17 bits per heavy atom. The van der Waals surface area contributed by atoms with Crippen LogP contribution in [0.2, 0.25) is 0 Å². The van der Waals surface area contributed by atoms with Gasteiger partial charge in [-0.05, 0) is 38.1 Å². The van der Waals surface area contributed by atoms with Crippen molar-refractivity contribution in [2.24, 2.45) is 0 Å². The topological polar surface area (TPSA) is 90.1 Å². The van der Waals surface area contributed by atoms with E-state index in [-0.39, 0.29) is 12.5 Å². The van der Waals surface area contributed by atoms with E-state index in [1.807, 2.05) is 43.5 Å². The van der Waals surface area contributed by atoms with Crippen LogP contribution in [0.25, 0.3) is 11.3 Å². The third-order valence-corrected chi connectivity index (χ3v) is 5.46. The van der Waals surface area contributed by atoms with E-state index in [1.54, 1.807) is 24.5 Å². The van der Waals surface area contributed by atoms with Gasteiger partial charge >= 0.3 is 0 Å². The number of nitrogens with one attached hydrogen (secondary N) is 1. The Balaban J connectivity index is 1.41. The summed E-state index contributed by atoms with van der Waals surface area (Å²) in [6, 6.07) is 11.0. The highest BCUT2D eigenvalue weighted by molar-refractivity contribution is 7.09. The summed E-state index contributed by atoms with van der Waals surface area (Å²) in [7, 11) is 0. The van der Waals surface area contributed by atoms with E-state index >= 15 is 0 Å². The van der Waals surface area contributed by atoms with Gasteiger partial charge in [-0.25, -0.2) is 4.98 Å². The fourth-order valence-corrected chi connectivity index (χ4v) is 3.68. The van der Waals surface area contributed by atoms with Crippen molar-refractivity contribution in [1.29, 1.82) is 0 Å². The van der Waals surface area contributed by atoms with Crippen LogP contribution in [0.1, 0.15) is 32.4 Å². The summed E-state index contributed by atoms with van der Waals surface area (Å²) in [4.78, 5) is 21.4. The minimum atomic E-state index is -0.218. The quantitative estimate of drug-likeness (QED) is 0.479. The van der Waals surface area contributed by atoms with Gasteiger partial charge in [0.25, 0.3) is 5.91 Å². The third-order valence-electron chi connectivity index (χ3n) is 4.61. The summed E-state index contributed by atoms with van der Waals surface area (Å²) in [5.41, 5.74) is 4.00. The number of aryl methyl sites for hydroxylation is 2. The Morgan fingerprint density at radius 2 is 1.97 bits per heavy atom. The molecule has 0 saturated heterocycles. The van der Waals surface area contributed by atoms with Crippen molar-refractivity contribution in [3.8, 4) is 17.0 Å². The summed E-state index contributed by atoms with van der Waals surface area (Å²) in [6.07, 6.45) is 3.46. The molecule has 4 rings (SSSR count). The van der Waals surface area contributed by atoms with E-state index < -0.39 is 0 Å². The van der Waals surface area contributed by atoms with Crippen LogP contribution in [-0.4, -0.2) is 21.0 Å². The summed E-state index contributed by atoms with van der Waals surface area (Å²) < 4.78 is 11.1. The van der Waals surface area contributed by atoms with E-state index in [2.05, 4.69) is 20.4 Å². The molecule has 30 heavy (non-hydrogen) atoms. The Kier molecular flexibility index (Phi) is 5.85. The number of amides is 1. The normalized spacial score (nSPS) is 10.7. The molecule has 0 unspecified atom stereocenters. The van der Waals surface area contributed by atoms with Crippen LogP contribution >= 0.6 is 11.3 Å². The molecule has 0 saturated carbocycles. The second-order valence-electron chi connectivity index (χ2n) is 6.63. The molecule has 4 aromatic rings. The Morgan fingerprint density at radius 3 is 2.73 bits per heavy atom. The first-order valence-electron chi connectivity index (χ1n) is 9.38. The molecule has 0 bridgehead atoms. The maximum atomic E-state index is 12.8. The minimum absolute atomic E-state index is 0.218. The highest BCUT2D eigenvalue weighted by Crippen LogP contribution is 2.23. The van der Waals surface area contributed by atoms with Crippen LogP contribution in [0.3, 0.4) is 0 Å².